The van der Waals surface area contributed by atoms with Crippen molar-refractivity contribution in [2.45, 2.75) is 19.9 Å². The molecule has 0 saturated carbocycles. The molecule has 1 aliphatic rings. The zero-order chi connectivity index (χ0) is 18.8. The number of hydrogen-bond acceptors (Lipinski definition) is 2. The molecule has 1 amide bonds. The second kappa shape index (κ2) is 7.37. The van der Waals surface area contributed by atoms with Crippen LogP contribution < -0.4 is 4.90 Å². The normalized spacial score (nSPS) is 13.8. The largest absolute Gasteiger partial charge is 0.306 e. The van der Waals surface area contributed by atoms with Gasteiger partial charge < -0.3 is 4.90 Å². The molecule has 3 aromatic rings. The van der Waals surface area contributed by atoms with E-state index >= 15 is 0 Å². The van der Waals surface area contributed by atoms with E-state index in [4.69, 9.17) is 16.6 Å². The Morgan fingerprint density at radius 3 is 2.48 bits per heavy atom. The third kappa shape index (κ3) is 3.79. The Bertz CT molecular complexity index is 1010. The maximum Gasteiger partial charge on any atom is 0.233 e. The van der Waals surface area contributed by atoms with E-state index in [1.54, 1.807) is 0 Å². The van der Waals surface area contributed by atoms with Gasteiger partial charge in [0.1, 0.15) is 0 Å². The van der Waals surface area contributed by atoms with Gasteiger partial charge in [-0.2, -0.15) is 0 Å². The molecule has 4 heteroatoms. The van der Waals surface area contributed by atoms with Gasteiger partial charge in [0.2, 0.25) is 5.91 Å². The number of halogens is 1. The third-order valence-electron chi connectivity index (χ3n) is 4.66. The van der Waals surface area contributed by atoms with Crippen LogP contribution in [0.2, 0.25) is 5.02 Å². The van der Waals surface area contributed by atoms with Crippen molar-refractivity contribution in [2.24, 2.45) is 4.99 Å². The zero-order valence-electron chi connectivity index (χ0n) is 15.0. The number of rotatable bonds is 3. The molecule has 4 rings (SSSR count). The monoisotopic (exact) mass is 374 g/mol. The molecular formula is C23H19ClN2O. The molecule has 134 valence electrons. The molecule has 27 heavy (non-hydrogen) atoms. The Kier molecular flexibility index (Phi) is 4.78. The second-order valence-electron chi connectivity index (χ2n) is 6.70. The van der Waals surface area contributed by atoms with E-state index in [-0.39, 0.29) is 12.3 Å². The van der Waals surface area contributed by atoms with Gasteiger partial charge in [0, 0.05) is 5.02 Å². The van der Waals surface area contributed by atoms with Crippen LogP contribution in [0, 0.1) is 6.92 Å². The van der Waals surface area contributed by atoms with Crippen LogP contribution in [0.15, 0.2) is 77.8 Å². The van der Waals surface area contributed by atoms with Crippen LogP contribution in [0.4, 0.5) is 11.4 Å². The van der Waals surface area contributed by atoms with Crippen molar-refractivity contribution in [3.63, 3.8) is 0 Å². The Morgan fingerprint density at radius 2 is 1.74 bits per heavy atom. The number of aryl methyl sites for hydroxylation is 1. The number of benzene rings is 3. The summed E-state index contributed by atoms with van der Waals surface area (Å²) in [5, 5.41) is 0.668. The smallest absolute Gasteiger partial charge is 0.233 e. The summed E-state index contributed by atoms with van der Waals surface area (Å²) in [7, 11) is 0. The van der Waals surface area contributed by atoms with Crippen molar-refractivity contribution in [1.82, 2.24) is 0 Å². The van der Waals surface area contributed by atoms with Crippen molar-refractivity contribution >= 4 is 34.6 Å². The van der Waals surface area contributed by atoms with Gasteiger partial charge in [-0.15, -0.1) is 0 Å². The lowest BCUT2D eigenvalue weighted by Crippen LogP contribution is -2.31. The highest BCUT2D eigenvalue weighted by molar-refractivity contribution is 6.30. The number of carbonyl (C=O) groups is 1. The van der Waals surface area contributed by atoms with E-state index in [9.17, 15) is 4.79 Å². The maximum atomic E-state index is 13.2. The van der Waals surface area contributed by atoms with E-state index in [0.717, 1.165) is 33.8 Å². The highest BCUT2D eigenvalue weighted by Gasteiger charge is 2.25. The van der Waals surface area contributed by atoms with Gasteiger partial charge in [0.15, 0.2) is 0 Å². The van der Waals surface area contributed by atoms with Crippen LogP contribution in [-0.2, 0) is 11.3 Å². The number of aliphatic imine (C=N–C) groups is 1. The van der Waals surface area contributed by atoms with Crippen molar-refractivity contribution in [2.75, 3.05) is 4.90 Å². The summed E-state index contributed by atoms with van der Waals surface area (Å²) in [6, 6.07) is 23.6. The predicted octanol–water partition coefficient (Wildman–Crippen LogP) is 5.71. The van der Waals surface area contributed by atoms with Gasteiger partial charge >= 0.3 is 0 Å². The van der Waals surface area contributed by atoms with E-state index in [1.807, 2.05) is 84.6 Å². The predicted molar refractivity (Wildman–Crippen MR) is 111 cm³/mol. The molecule has 0 N–H and O–H groups in total. The molecule has 0 aliphatic carbocycles. The molecule has 0 unspecified atom stereocenters. The molecule has 0 fully saturated rings. The standard InChI is InChI=1S/C23H19ClN2O/c1-16-7-12-20-22(13-16)26(15-17-5-3-2-4-6-17)23(27)14-21(25-20)18-8-10-19(24)11-9-18/h2-13H,14-15H2,1H3. The average molecular weight is 375 g/mol. The Balaban J connectivity index is 1.77. The first kappa shape index (κ1) is 17.5. The van der Waals surface area contributed by atoms with E-state index in [1.165, 1.54) is 0 Å². The minimum Gasteiger partial charge on any atom is -0.306 e. The Morgan fingerprint density at radius 1 is 1.00 bits per heavy atom. The van der Waals surface area contributed by atoms with Crippen LogP contribution in [0.1, 0.15) is 23.1 Å². The molecule has 3 nitrogen and oxygen atoms in total. The van der Waals surface area contributed by atoms with Crippen LogP contribution in [0.25, 0.3) is 0 Å². The number of anilines is 1. The van der Waals surface area contributed by atoms with E-state index in [0.29, 0.717) is 11.6 Å². The summed E-state index contributed by atoms with van der Waals surface area (Å²) >= 11 is 6.01. The van der Waals surface area contributed by atoms with Crippen LogP contribution >= 0.6 is 11.6 Å². The molecule has 1 aliphatic heterocycles. The zero-order valence-corrected chi connectivity index (χ0v) is 15.8. The van der Waals surface area contributed by atoms with E-state index < -0.39 is 0 Å². The van der Waals surface area contributed by atoms with Gasteiger partial charge in [0.05, 0.1) is 30.1 Å². The highest BCUT2D eigenvalue weighted by atomic mass is 35.5. The van der Waals surface area contributed by atoms with Crippen LogP contribution in [0.3, 0.4) is 0 Å². The van der Waals surface area contributed by atoms with Gasteiger partial charge in [-0.25, -0.2) is 0 Å². The molecule has 3 aromatic carbocycles. The number of nitrogens with zero attached hydrogens (tertiary/aromatic N) is 2. The van der Waals surface area contributed by atoms with Crippen molar-refractivity contribution in [3.05, 3.63) is 94.5 Å². The van der Waals surface area contributed by atoms with Crippen molar-refractivity contribution in [3.8, 4) is 0 Å². The topological polar surface area (TPSA) is 32.7 Å². The lowest BCUT2D eigenvalue weighted by molar-refractivity contribution is -0.117. The maximum absolute atomic E-state index is 13.2. The molecule has 0 aromatic heterocycles. The summed E-state index contributed by atoms with van der Waals surface area (Å²) in [5.41, 5.74) is 5.54. The highest BCUT2D eigenvalue weighted by Crippen LogP contribution is 2.35. The van der Waals surface area contributed by atoms with Gasteiger partial charge in [0.25, 0.3) is 0 Å². The molecule has 0 bridgehead atoms. The summed E-state index contributed by atoms with van der Waals surface area (Å²) in [5.74, 6) is 0.0388. The fourth-order valence-electron chi connectivity index (χ4n) is 3.25. The summed E-state index contributed by atoms with van der Waals surface area (Å²) in [6.07, 6.45) is 0.252. The fraction of sp³-hybridized carbons (Fsp3) is 0.130. The molecule has 0 saturated heterocycles. The van der Waals surface area contributed by atoms with Crippen LogP contribution in [0.5, 0.6) is 0 Å². The first-order valence-electron chi connectivity index (χ1n) is 8.88. The first-order valence-corrected chi connectivity index (χ1v) is 9.26. The molecule has 0 atom stereocenters. The number of amides is 1. The van der Waals surface area contributed by atoms with E-state index in [2.05, 4.69) is 0 Å². The van der Waals surface area contributed by atoms with Crippen molar-refractivity contribution in [1.29, 1.82) is 0 Å². The third-order valence-corrected chi connectivity index (χ3v) is 4.91. The minimum absolute atomic E-state index is 0.0388. The number of hydrogen-bond donors (Lipinski definition) is 0. The van der Waals surface area contributed by atoms with Gasteiger partial charge in [-0.05, 0) is 47.9 Å². The summed E-state index contributed by atoms with van der Waals surface area (Å²) in [6.45, 7) is 2.56. The summed E-state index contributed by atoms with van der Waals surface area (Å²) in [4.78, 5) is 19.8. The van der Waals surface area contributed by atoms with Crippen LogP contribution in [-0.4, -0.2) is 11.6 Å². The lowest BCUT2D eigenvalue weighted by atomic mass is 10.1. The van der Waals surface area contributed by atoms with Gasteiger partial charge in [-0.3, -0.25) is 9.79 Å². The Labute approximate surface area is 163 Å². The lowest BCUT2D eigenvalue weighted by Gasteiger charge is -2.23. The molecule has 0 spiro atoms. The fourth-order valence-corrected chi connectivity index (χ4v) is 3.38. The SMILES string of the molecule is Cc1ccc2c(c1)N(Cc1ccccc1)C(=O)CC(c1ccc(Cl)cc1)=N2. The number of carbonyl (C=O) groups excluding carboxylic acids is 1. The average Bonchev–Trinajstić information content (AvgIpc) is 2.80. The minimum atomic E-state index is 0.0388. The summed E-state index contributed by atoms with van der Waals surface area (Å²) < 4.78 is 0. The second-order valence-corrected chi connectivity index (χ2v) is 7.14. The molecular weight excluding hydrogens is 356 g/mol. The Hall–Kier alpha value is -2.91. The quantitative estimate of drug-likeness (QED) is 0.578. The van der Waals surface area contributed by atoms with Crippen molar-refractivity contribution < 1.29 is 4.79 Å². The van der Waals surface area contributed by atoms with Gasteiger partial charge in [-0.1, -0.05) is 60.1 Å². The molecule has 1 heterocycles. The number of fused-ring (bicyclic) bond motifs is 1. The first-order chi connectivity index (χ1) is 13.1. The molecule has 0 radical (unpaired) electrons.